The molecule has 1 atom stereocenters. The van der Waals surface area contributed by atoms with E-state index in [1.807, 2.05) is 19.2 Å². The van der Waals surface area contributed by atoms with Crippen molar-refractivity contribution in [1.29, 1.82) is 0 Å². The minimum absolute atomic E-state index is 0.00410. The number of hydrogen-bond acceptors (Lipinski definition) is 3. The van der Waals surface area contributed by atoms with Crippen LogP contribution in [0.15, 0.2) is 24.3 Å². The lowest BCUT2D eigenvalue weighted by atomic mass is 9.88. The highest BCUT2D eigenvalue weighted by Gasteiger charge is 2.31. The van der Waals surface area contributed by atoms with Crippen LogP contribution in [0.4, 0.5) is 0 Å². The van der Waals surface area contributed by atoms with Gasteiger partial charge in [-0.25, -0.2) is 0 Å². The molecule has 0 fully saturated rings. The molecule has 0 saturated heterocycles. The van der Waals surface area contributed by atoms with E-state index in [1.54, 1.807) is 7.11 Å². The average molecular weight is 236 g/mol. The van der Waals surface area contributed by atoms with Crippen molar-refractivity contribution in [2.45, 2.75) is 25.4 Å². The summed E-state index contributed by atoms with van der Waals surface area (Å²) in [5.41, 5.74) is 1.25. The number of methoxy groups -OCH3 is 1. The third-order valence-electron chi connectivity index (χ3n) is 3.25. The molecular weight excluding hydrogens is 212 g/mol. The number of benzene rings is 1. The van der Waals surface area contributed by atoms with Gasteiger partial charge in [0, 0.05) is 5.54 Å². The first-order valence-electron chi connectivity index (χ1n) is 5.91. The first-order valence-corrected chi connectivity index (χ1v) is 5.91. The molecular formula is C14H24N2O. The van der Waals surface area contributed by atoms with Crippen molar-refractivity contribution in [3.05, 3.63) is 29.8 Å². The van der Waals surface area contributed by atoms with Crippen LogP contribution in [0.5, 0.6) is 5.75 Å². The maximum absolute atomic E-state index is 5.29. The van der Waals surface area contributed by atoms with E-state index < -0.39 is 0 Å². The van der Waals surface area contributed by atoms with Crippen molar-refractivity contribution >= 4 is 0 Å². The Morgan fingerprint density at radius 2 is 1.94 bits per heavy atom. The second kappa shape index (κ2) is 5.52. The highest BCUT2D eigenvalue weighted by Crippen LogP contribution is 2.31. The van der Waals surface area contributed by atoms with Gasteiger partial charge in [0.25, 0.3) is 0 Å². The summed E-state index contributed by atoms with van der Waals surface area (Å²) in [7, 11) is 7.90. The van der Waals surface area contributed by atoms with E-state index in [-0.39, 0.29) is 5.54 Å². The van der Waals surface area contributed by atoms with Crippen LogP contribution in [0.2, 0.25) is 0 Å². The monoisotopic (exact) mass is 236 g/mol. The van der Waals surface area contributed by atoms with Gasteiger partial charge in [-0.05, 0) is 52.7 Å². The molecule has 1 N–H and O–H groups in total. The van der Waals surface area contributed by atoms with Crippen LogP contribution in [-0.4, -0.2) is 38.7 Å². The summed E-state index contributed by atoms with van der Waals surface area (Å²) in [6.45, 7) is 4.41. The minimum Gasteiger partial charge on any atom is -0.497 e. The molecule has 3 nitrogen and oxygen atoms in total. The van der Waals surface area contributed by atoms with Gasteiger partial charge in [0.05, 0.1) is 13.2 Å². The highest BCUT2D eigenvalue weighted by atomic mass is 16.5. The number of hydrogen-bond donors (Lipinski definition) is 1. The molecule has 0 aliphatic carbocycles. The van der Waals surface area contributed by atoms with E-state index >= 15 is 0 Å². The van der Waals surface area contributed by atoms with Crippen molar-refractivity contribution in [3.63, 3.8) is 0 Å². The summed E-state index contributed by atoms with van der Waals surface area (Å²) in [6, 6.07) is 8.55. The predicted octanol–water partition coefficient (Wildman–Crippen LogP) is 2.30. The Balaban J connectivity index is 3.14. The molecule has 0 bridgehead atoms. The molecule has 0 spiro atoms. The molecule has 0 heterocycles. The second-order valence-corrected chi connectivity index (χ2v) is 5.11. The first kappa shape index (κ1) is 14.0. The van der Waals surface area contributed by atoms with E-state index in [1.165, 1.54) is 5.56 Å². The summed E-state index contributed by atoms with van der Waals surface area (Å²) < 4.78 is 5.29. The molecule has 1 rings (SSSR count). The van der Waals surface area contributed by atoms with Gasteiger partial charge in [0.2, 0.25) is 0 Å². The lowest BCUT2D eigenvalue weighted by Gasteiger charge is -2.39. The minimum atomic E-state index is -0.00410. The number of rotatable bonds is 5. The molecule has 17 heavy (non-hydrogen) atoms. The zero-order valence-corrected chi connectivity index (χ0v) is 11.7. The SMILES string of the molecule is CNC(C)(C)C(c1cccc(OC)c1)N(C)C. The van der Waals surface area contributed by atoms with Crippen LogP contribution < -0.4 is 10.1 Å². The first-order chi connectivity index (χ1) is 7.92. The fourth-order valence-corrected chi connectivity index (χ4v) is 2.31. The largest absolute Gasteiger partial charge is 0.497 e. The summed E-state index contributed by atoms with van der Waals surface area (Å²) in [4.78, 5) is 2.23. The topological polar surface area (TPSA) is 24.5 Å². The second-order valence-electron chi connectivity index (χ2n) is 5.11. The molecule has 0 saturated carbocycles. The fraction of sp³-hybridized carbons (Fsp3) is 0.571. The van der Waals surface area contributed by atoms with Crippen molar-refractivity contribution in [3.8, 4) is 5.75 Å². The Hall–Kier alpha value is -1.06. The molecule has 0 amide bonds. The summed E-state index contributed by atoms with van der Waals surface area (Å²) in [5.74, 6) is 0.904. The zero-order chi connectivity index (χ0) is 13.1. The molecule has 1 aromatic carbocycles. The Morgan fingerprint density at radius 3 is 2.41 bits per heavy atom. The zero-order valence-electron chi connectivity index (χ0n) is 11.7. The van der Waals surface area contributed by atoms with Gasteiger partial charge in [-0.15, -0.1) is 0 Å². The van der Waals surface area contributed by atoms with Crippen LogP contribution in [0.25, 0.3) is 0 Å². The standard InChI is InChI=1S/C14H24N2O/c1-14(2,15-3)13(16(4)5)11-8-7-9-12(10-11)17-6/h7-10,13,15H,1-6H3. The quantitative estimate of drug-likeness (QED) is 0.849. The normalized spacial score (nSPS) is 13.8. The molecule has 96 valence electrons. The Kier molecular flexibility index (Phi) is 4.54. The van der Waals surface area contributed by atoms with Gasteiger partial charge in [-0.3, -0.25) is 0 Å². The van der Waals surface area contributed by atoms with Crippen LogP contribution >= 0.6 is 0 Å². The number of ether oxygens (including phenoxy) is 1. The van der Waals surface area contributed by atoms with E-state index in [0.717, 1.165) is 5.75 Å². The van der Waals surface area contributed by atoms with Crippen molar-refractivity contribution in [2.24, 2.45) is 0 Å². The van der Waals surface area contributed by atoms with E-state index in [2.05, 4.69) is 50.3 Å². The molecule has 3 heteroatoms. The number of likely N-dealkylation sites (N-methyl/N-ethyl adjacent to an activating group) is 2. The van der Waals surface area contributed by atoms with Crippen molar-refractivity contribution < 1.29 is 4.74 Å². The predicted molar refractivity (Wildman–Crippen MR) is 72.6 cm³/mol. The number of nitrogens with zero attached hydrogens (tertiary/aromatic N) is 1. The lowest BCUT2D eigenvalue weighted by molar-refractivity contribution is 0.177. The van der Waals surface area contributed by atoms with E-state index in [4.69, 9.17) is 4.74 Å². The van der Waals surface area contributed by atoms with Crippen LogP contribution in [0, 0.1) is 0 Å². The van der Waals surface area contributed by atoms with Gasteiger partial charge in [0.15, 0.2) is 0 Å². The van der Waals surface area contributed by atoms with Gasteiger partial charge in [-0.2, -0.15) is 0 Å². The van der Waals surface area contributed by atoms with Crippen molar-refractivity contribution in [2.75, 3.05) is 28.3 Å². The maximum atomic E-state index is 5.29. The smallest absolute Gasteiger partial charge is 0.119 e. The molecule has 0 aliphatic rings. The Bertz CT molecular complexity index is 361. The Morgan fingerprint density at radius 1 is 1.29 bits per heavy atom. The van der Waals surface area contributed by atoms with Crippen molar-refractivity contribution in [1.82, 2.24) is 10.2 Å². The highest BCUT2D eigenvalue weighted by molar-refractivity contribution is 5.32. The third kappa shape index (κ3) is 3.20. The number of nitrogens with one attached hydrogen (secondary N) is 1. The molecule has 0 aromatic heterocycles. The van der Waals surface area contributed by atoms with Crippen LogP contribution in [-0.2, 0) is 0 Å². The van der Waals surface area contributed by atoms with Crippen LogP contribution in [0.3, 0.4) is 0 Å². The third-order valence-corrected chi connectivity index (χ3v) is 3.25. The average Bonchev–Trinajstić information content (AvgIpc) is 2.28. The molecule has 1 unspecified atom stereocenters. The molecule has 0 radical (unpaired) electrons. The van der Waals surface area contributed by atoms with Gasteiger partial charge in [-0.1, -0.05) is 12.1 Å². The maximum Gasteiger partial charge on any atom is 0.119 e. The summed E-state index contributed by atoms with van der Waals surface area (Å²) >= 11 is 0. The van der Waals surface area contributed by atoms with Gasteiger partial charge < -0.3 is 15.0 Å². The molecule has 0 aliphatic heterocycles. The summed E-state index contributed by atoms with van der Waals surface area (Å²) in [5, 5.41) is 3.38. The van der Waals surface area contributed by atoms with Gasteiger partial charge in [0.1, 0.15) is 5.75 Å². The summed E-state index contributed by atoms with van der Waals surface area (Å²) in [6.07, 6.45) is 0. The molecule has 1 aromatic rings. The van der Waals surface area contributed by atoms with E-state index in [0.29, 0.717) is 6.04 Å². The van der Waals surface area contributed by atoms with Gasteiger partial charge >= 0.3 is 0 Å². The van der Waals surface area contributed by atoms with Crippen LogP contribution in [0.1, 0.15) is 25.5 Å². The fourth-order valence-electron chi connectivity index (χ4n) is 2.31. The lowest BCUT2D eigenvalue weighted by Crippen LogP contribution is -2.48. The van der Waals surface area contributed by atoms with E-state index in [9.17, 15) is 0 Å². The Labute approximate surface area is 105 Å².